The molecular formula is C37H52ClN3O9S. The lowest BCUT2D eigenvalue weighted by Gasteiger charge is -2.44. The summed E-state index contributed by atoms with van der Waals surface area (Å²) in [5.74, 6) is -0.420. The van der Waals surface area contributed by atoms with Gasteiger partial charge in [-0.1, -0.05) is 42.3 Å². The predicted octanol–water partition coefficient (Wildman–Crippen LogP) is 4.62. The van der Waals surface area contributed by atoms with E-state index in [1.54, 1.807) is 34.0 Å². The molecule has 0 unspecified atom stereocenters. The topological polar surface area (TPSA) is 139 Å². The minimum absolute atomic E-state index is 0.116. The molecule has 1 aromatic rings. The molecule has 3 aliphatic rings. The van der Waals surface area contributed by atoms with Crippen LogP contribution in [0.2, 0.25) is 5.02 Å². The zero-order valence-electron chi connectivity index (χ0n) is 31.0. The SMILES string of the molecule is C=C1N[C@]2(O)C[C@H](O1)[C@@H](C)[C@@H]1O[C@@]1(C)[C@@H](OC(=O)[C@H](C)N(C)C(=O)CCSC)CC(=O)N(C)c1cc(cc(OC)c1Cl)C/C(C)=C/C=C/[C@H]2OC. The average Bonchev–Trinajstić information content (AvgIpc) is 3.79. The van der Waals surface area contributed by atoms with Gasteiger partial charge < -0.3 is 43.9 Å². The summed E-state index contributed by atoms with van der Waals surface area (Å²) in [6, 6.07) is 2.73. The number of rotatable bonds is 8. The molecule has 2 amide bonds. The molecule has 4 rings (SSSR count). The number of nitrogens with zero attached hydrogens (tertiary/aromatic N) is 2. The Morgan fingerprint density at radius 3 is 2.67 bits per heavy atom. The minimum atomic E-state index is -1.57. The molecule has 0 spiro atoms. The van der Waals surface area contributed by atoms with Gasteiger partial charge in [-0.2, -0.15) is 11.8 Å². The van der Waals surface area contributed by atoms with Crippen molar-refractivity contribution < 1.29 is 43.2 Å². The first-order chi connectivity index (χ1) is 24.0. The molecule has 14 heteroatoms. The fraction of sp³-hybridized carbons (Fsp3) is 0.595. The summed E-state index contributed by atoms with van der Waals surface area (Å²) in [7, 11) is 6.19. The third kappa shape index (κ3) is 9.05. The third-order valence-electron chi connectivity index (χ3n) is 10.1. The number of halogens is 1. The van der Waals surface area contributed by atoms with Crippen LogP contribution in [-0.4, -0.2) is 110 Å². The number of esters is 1. The molecule has 0 saturated carbocycles. The van der Waals surface area contributed by atoms with Crippen LogP contribution in [0.5, 0.6) is 5.75 Å². The van der Waals surface area contributed by atoms with Crippen LogP contribution < -0.4 is 15.0 Å². The lowest BCUT2D eigenvalue weighted by molar-refractivity contribution is -0.162. The molecule has 2 N–H and O–H groups in total. The second-order valence-corrected chi connectivity index (χ2v) is 15.1. The van der Waals surface area contributed by atoms with Gasteiger partial charge in [0.25, 0.3) is 0 Å². The van der Waals surface area contributed by atoms with Crippen molar-refractivity contribution in [3.8, 4) is 5.75 Å². The molecule has 0 aromatic heterocycles. The number of carbonyl (C=O) groups is 3. The van der Waals surface area contributed by atoms with Crippen molar-refractivity contribution in [2.45, 2.75) is 95.2 Å². The van der Waals surface area contributed by atoms with Crippen LogP contribution in [0.25, 0.3) is 0 Å². The van der Waals surface area contributed by atoms with Gasteiger partial charge in [-0.25, -0.2) is 4.79 Å². The lowest BCUT2D eigenvalue weighted by atomic mass is 9.83. The zero-order valence-corrected chi connectivity index (χ0v) is 32.6. The van der Waals surface area contributed by atoms with Crippen molar-refractivity contribution in [3.63, 3.8) is 0 Å². The van der Waals surface area contributed by atoms with Crippen molar-refractivity contribution in [1.29, 1.82) is 0 Å². The number of thioether (sulfide) groups is 1. The highest BCUT2D eigenvalue weighted by molar-refractivity contribution is 7.98. The van der Waals surface area contributed by atoms with Crippen LogP contribution >= 0.6 is 23.4 Å². The smallest absolute Gasteiger partial charge is 0.328 e. The molecule has 0 aliphatic carbocycles. The fourth-order valence-corrected chi connectivity index (χ4v) is 7.39. The number of hydrogen-bond donors (Lipinski definition) is 2. The highest BCUT2D eigenvalue weighted by Gasteiger charge is 2.64. The van der Waals surface area contributed by atoms with Gasteiger partial charge in [0.15, 0.2) is 11.6 Å². The number of ether oxygens (including phenoxy) is 5. The van der Waals surface area contributed by atoms with Gasteiger partial charge in [0, 0.05) is 45.7 Å². The molecule has 51 heavy (non-hydrogen) atoms. The van der Waals surface area contributed by atoms with E-state index in [1.807, 2.05) is 44.4 Å². The number of benzene rings is 1. The van der Waals surface area contributed by atoms with Crippen LogP contribution in [0, 0.1) is 5.92 Å². The summed E-state index contributed by atoms with van der Waals surface area (Å²) in [6.45, 7) is 11.2. The van der Waals surface area contributed by atoms with E-state index in [0.717, 1.165) is 11.1 Å². The maximum atomic E-state index is 14.1. The van der Waals surface area contributed by atoms with E-state index in [9.17, 15) is 19.5 Å². The summed E-state index contributed by atoms with van der Waals surface area (Å²) < 4.78 is 29.8. The number of epoxide rings is 1. The van der Waals surface area contributed by atoms with Crippen LogP contribution in [0.3, 0.4) is 0 Å². The third-order valence-corrected chi connectivity index (χ3v) is 11.1. The highest BCUT2D eigenvalue weighted by Crippen LogP contribution is 2.49. The van der Waals surface area contributed by atoms with Crippen molar-refractivity contribution in [1.82, 2.24) is 10.2 Å². The molecule has 282 valence electrons. The zero-order chi connectivity index (χ0) is 37.8. The Kier molecular flexibility index (Phi) is 13.2. The number of amides is 2. The summed E-state index contributed by atoms with van der Waals surface area (Å²) in [5.41, 5.74) is -0.435. The average molecular weight is 750 g/mol. The Morgan fingerprint density at radius 1 is 1.31 bits per heavy atom. The van der Waals surface area contributed by atoms with Crippen LogP contribution in [-0.2, 0) is 39.8 Å². The second-order valence-electron chi connectivity index (χ2n) is 13.8. The number of likely N-dealkylation sites (N-methyl/N-ethyl adjacent to an activating group) is 1. The normalized spacial score (nSPS) is 31.9. The Hall–Kier alpha value is -3.23. The summed E-state index contributed by atoms with van der Waals surface area (Å²) in [5, 5.41) is 15.1. The predicted molar refractivity (Wildman–Crippen MR) is 198 cm³/mol. The molecule has 1 aromatic carbocycles. The van der Waals surface area contributed by atoms with Crippen LogP contribution in [0.4, 0.5) is 5.69 Å². The fourth-order valence-electron chi connectivity index (χ4n) is 6.69. The number of aliphatic hydroxyl groups is 1. The van der Waals surface area contributed by atoms with Crippen molar-refractivity contribution in [3.05, 3.63) is 59.0 Å². The van der Waals surface area contributed by atoms with Crippen molar-refractivity contribution in [2.75, 3.05) is 45.2 Å². The number of hydrogen-bond acceptors (Lipinski definition) is 11. The number of methoxy groups -OCH3 is 2. The van der Waals surface area contributed by atoms with Gasteiger partial charge in [0.05, 0.1) is 25.3 Å². The first kappa shape index (κ1) is 40.5. The first-order valence-corrected chi connectivity index (χ1v) is 18.8. The van der Waals surface area contributed by atoms with E-state index >= 15 is 0 Å². The first-order valence-electron chi connectivity index (χ1n) is 17.0. The maximum absolute atomic E-state index is 14.1. The minimum Gasteiger partial charge on any atom is -0.495 e. The van der Waals surface area contributed by atoms with E-state index < -0.39 is 47.8 Å². The molecule has 3 heterocycles. The molecule has 8 atom stereocenters. The Morgan fingerprint density at radius 2 is 2.02 bits per heavy atom. The quantitative estimate of drug-likeness (QED) is 0.285. The number of anilines is 1. The second kappa shape index (κ2) is 16.6. The van der Waals surface area contributed by atoms with E-state index in [0.29, 0.717) is 23.6 Å². The lowest BCUT2D eigenvalue weighted by Crippen LogP contribution is -2.60. The van der Waals surface area contributed by atoms with E-state index in [4.69, 9.17) is 35.3 Å². The molecule has 2 saturated heterocycles. The van der Waals surface area contributed by atoms with E-state index in [-0.39, 0.29) is 47.9 Å². The van der Waals surface area contributed by atoms with E-state index in [2.05, 4.69) is 11.9 Å². The number of carbonyl (C=O) groups excluding carboxylic acids is 3. The van der Waals surface area contributed by atoms with Crippen LogP contribution in [0.15, 0.2) is 48.4 Å². The molecule has 4 bridgehead atoms. The molecular weight excluding hydrogens is 698 g/mol. The largest absolute Gasteiger partial charge is 0.495 e. The highest BCUT2D eigenvalue weighted by atomic mass is 35.5. The van der Waals surface area contributed by atoms with Gasteiger partial charge in [-0.3, -0.25) is 9.59 Å². The van der Waals surface area contributed by atoms with Gasteiger partial charge in [-0.15, -0.1) is 0 Å². The van der Waals surface area contributed by atoms with Gasteiger partial charge in [-0.05, 0) is 57.7 Å². The van der Waals surface area contributed by atoms with Gasteiger partial charge >= 0.3 is 5.97 Å². The number of fused-ring (bicyclic) bond motifs is 5. The number of nitrogens with one attached hydrogen (secondary N) is 1. The molecule has 3 aliphatic heterocycles. The van der Waals surface area contributed by atoms with Crippen molar-refractivity contribution in [2.24, 2.45) is 5.92 Å². The number of allylic oxidation sites excluding steroid dienone is 3. The van der Waals surface area contributed by atoms with Crippen LogP contribution in [0.1, 0.15) is 52.5 Å². The summed E-state index contributed by atoms with van der Waals surface area (Å²) >= 11 is 8.30. The molecule has 2 fully saturated rings. The Balaban J connectivity index is 1.76. The molecule has 12 nitrogen and oxygen atoms in total. The Bertz CT molecular complexity index is 1550. The Labute approximate surface area is 310 Å². The summed E-state index contributed by atoms with van der Waals surface area (Å²) in [6.07, 6.45) is 5.11. The van der Waals surface area contributed by atoms with Crippen molar-refractivity contribution >= 4 is 46.8 Å². The standard InChI is InChI=1S/C37H52ClN3O9S/c1-21-12-11-13-29(47-9)37(45)20-28(48-24(4)39-37)22(2)34-36(5,50-34)30(49-35(44)23(3)40(6)31(42)14-15-51-10)19-32(43)41(7)26-17-25(16-21)18-27(46-8)33(26)38/h11-13,17-18,22-23,28-30,34,39,45H,4,14-16,19-20H2,1-3,5-10H3/b13-11+,21-12+/t22-,23+,28+,29-,30+,34+,36+,37+/m1/s1. The monoisotopic (exact) mass is 749 g/mol. The van der Waals surface area contributed by atoms with Gasteiger partial charge in [0.2, 0.25) is 11.8 Å². The summed E-state index contributed by atoms with van der Waals surface area (Å²) in [4.78, 5) is 43.3. The maximum Gasteiger partial charge on any atom is 0.328 e. The van der Waals surface area contributed by atoms with E-state index in [1.165, 1.54) is 35.8 Å². The van der Waals surface area contributed by atoms with Gasteiger partial charge in [0.1, 0.15) is 40.7 Å². The molecule has 0 radical (unpaired) electrons.